The van der Waals surface area contributed by atoms with Crippen molar-refractivity contribution < 1.29 is 13.2 Å². The van der Waals surface area contributed by atoms with Crippen LogP contribution in [-0.2, 0) is 10.0 Å². The molecule has 0 unspecified atom stereocenters. The Morgan fingerprint density at radius 3 is 2.70 bits per heavy atom. The summed E-state index contributed by atoms with van der Waals surface area (Å²) in [5.74, 6) is 0.336. The quantitative estimate of drug-likeness (QED) is 0.750. The standard InChI is InChI=1S/C13H20N2O3S2/c1-3-18-11-5-4-10(14)8-12(11)20(16,17)15-9-13(19-2)6-7-13/h4-5,8,15H,3,6-7,9,14H2,1-2H3. The number of thioether (sulfide) groups is 1. The van der Waals surface area contributed by atoms with Gasteiger partial charge in [-0.25, -0.2) is 13.1 Å². The van der Waals surface area contributed by atoms with Crippen molar-refractivity contribution in [1.29, 1.82) is 0 Å². The average molecular weight is 316 g/mol. The zero-order valence-corrected chi connectivity index (χ0v) is 13.3. The van der Waals surface area contributed by atoms with Gasteiger partial charge in [0.1, 0.15) is 10.6 Å². The predicted molar refractivity (Wildman–Crippen MR) is 82.7 cm³/mol. The Bertz CT molecular complexity index is 583. The fourth-order valence-electron chi connectivity index (χ4n) is 1.91. The van der Waals surface area contributed by atoms with E-state index < -0.39 is 10.0 Å². The lowest BCUT2D eigenvalue weighted by Crippen LogP contribution is -2.32. The lowest BCUT2D eigenvalue weighted by molar-refractivity contribution is 0.331. The van der Waals surface area contributed by atoms with E-state index in [0.717, 1.165) is 12.8 Å². The van der Waals surface area contributed by atoms with Crippen molar-refractivity contribution in [2.24, 2.45) is 0 Å². The second kappa shape index (κ2) is 5.83. The lowest BCUT2D eigenvalue weighted by Gasteiger charge is -2.16. The van der Waals surface area contributed by atoms with Crippen molar-refractivity contribution in [2.75, 3.05) is 25.1 Å². The number of sulfonamides is 1. The first-order valence-corrected chi connectivity index (χ1v) is 9.20. The number of nitrogens with two attached hydrogens (primary N) is 1. The Morgan fingerprint density at radius 2 is 2.15 bits per heavy atom. The summed E-state index contributed by atoms with van der Waals surface area (Å²) in [4.78, 5) is 0.108. The van der Waals surface area contributed by atoms with Crippen LogP contribution in [-0.4, -0.2) is 32.6 Å². The van der Waals surface area contributed by atoms with Gasteiger partial charge in [-0.05, 0) is 44.2 Å². The largest absolute Gasteiger partial charge is 0.492 e. The molecule has 5 nitrogen and oxygen atoms in total. The van der Waals surface area contributed by atoms with E-state index in [1.165, 1.54) is 6.07 Å². The zero-order valence-electron chi connectivity index (χ0n) is 11.7. The minimum Gasteiger partial charge on any atom is -0.492 e. The van der Waals surface area contributed by atoms with Gasteiger partial charge in [-0.1, -0.05) is 0 Å². The molecule has 0 spiro atoms. The van der Waals surface area contributed by atoms with Crippen LogP contribution in [0.4, 0.5) is 5.69 Å². The number of hydrogen-bond acceptors (Lipinski definition) is 5. The molecule has 7 heteroatoms. The highest BCUT2D eigenvalue weighted by atomic mass is 32.2. The van der Waals surface area contributed by atoms with Crippen molar-refractivity contribution >= 4 is 27.5 Å². The second-order valence-electron chi connectivity index (χ2n) is 4.85. The molecule has 0 amide bonds. The van der Waals surface area contributed by atoms with Gasteiger partial charge >= 0.3 is 0 Å². The molecule has 1 aromatic rings. The monoisotopic (exact) mass is 316 g/mol. The molecular formula is C13H20N2O3S2. The van der Waals surface area contributed by atoms with Crippen LogP contribution < -0.4 is 15.2 Å². The van der Waals surface area contributed by atoms with Crippen LogP contribution in [0.1, 0.15) is 19.8 Å². The highest BCUT2D eigenvalue weighted by Gasteiger charge is 2.42. The molecule has 20 heavy (non-hydrogen) atoms. The molecular weight excluding hydrogens is 296 g/mol. The molecule has 0 saturated heterocycles. The molecule has 0 heterocycles. The molecule has 1 aliphatic carbocycles. The van der Waals surface area contributed by atoms with Crippen LogP contribution in [0.3, 0.4) is 0 Å². The summed E-state index contributed by atoms with van der Waals surface area (Å²) in [7, 11) is -3.61. The van der Waals surface area contributed by atoms with Crippen molar-refractivity contribution in [3.63, 3.8) is 0 Å². The molecule has 0 aromatic heterocycles. The third kappa shape index (κ3) is 3.39. The van der Waals surface area contributed by atoms with Gasteiger partial charge in [-0.15, -0.1) is 0 Å². The molecule has 1 aromatic carbocycles. The summed E-state index contributed by atoms with van der Waals surface area (Å²) in [5, 5.41) is 0. The second-order valence-corrected chi connectivity index (χ2v) is 7.86. The number of hydrogen-bond donors (Lipinski definition) is 2. The highest BCUT2D eigenvalue weighted by molar-refractivity contribution is 8.00. The Labute approximate surface area is 124 Å². The van der Waals surface area contributed by atoms with E-state index >= 15 is 0 Å². The molecule has 1 fully saturated rings. The van der Waals surface area contributed by atoms with Crippen LogP contribution >= 0.6 is 11.8 Å². The lowest BCUT2D eigenvalue weighted by atomic mass is 10.3. The summed E-state index contributed by atoms with van der Waals surface area (Å²) < 4.78 is 32.9. The third-order valence-corrected chi connectivity index (χ3v) is 6.22. The summed E-state index contributed by atoms with van der Waals surface area (Å²) in [6.07, 6.45) is 4.10. The molecule has 112 valence electrons. The molecule has 0 atom stereocenters. The number of nitrogens with one attached hydrogen (secondary N) is 1. The summed E-state index contributed by atoms with van der Waals surface area (Å²) >= 11 is 1.71. The first-order chi connectivity index (χ1) is 9.42. The third-order valence-electron chi connectivity index (χ3n) is 3.38. The average Bonchev–Trinajstić information content (AvgIpc) is 3.20. The summed E-state index contributed by atoms with van der Waals surface area (Å²) in [5.41, 5.74) is 6.09. The van der Waals surface area contributed by atoms with Gasteiger partial charge in [-0.2, -0.15) is 11.8 Å². The Balaban J connectivity index is 2.21. The van der Waals surface area contributed by atoms with Gasteiger partial charge in [0.15, 0.2) is 0 Å². The van der Waals surface area contributed by atoms with Gasteiger partial charge in [-0.3, -0.25) is 0 Å². The maximum Gasteiger partial charge on any atom is 0.244 e. The topological polar surface area (TPSA) is 81.4 Å². The number of ether oxygens (including phenoxy) is 1. The molecule has 0 radical (unpaired) electrons. The minimum atomic E-state index is -3.61. The van der Waals surface area contributed by atoms with Crippen LogP contribution in [0, 0.1) is 0 Å². The summed E-state index contributed by atoms with van der Waals surface area (Å²) in [6, 6.07) is 4.66. The first kappa shape index (κ1) is 15.5. The molecule has 0 bridgehead atoms. The fraction of sp³-hybridized carbons (Fsp3) is 0.538. The van der Waals surface area contributed by atoms with Gasteiger partial charge in [0.25, 0.3) is 0 Å². The van der Waals surface area contributed by atoms with Crippen molar-refractivity contribution in [3.8, 4) is 5.75 Å². The van der Waals surface area contributed by atoms with Gasteiger partial charge < -0.3 is 10.5 Å². The number of nitrogen functional groups attached to an aromatic ring is 1. The van der Waals surface area contributed by atoms with Gasteiger partial charge in [0, 0.05) is 17.0 Å². The van der Waals surface area contributed by atoms with Crippen LogP contribution in [0.25, 0.3) is 0 Å². The molecule has 2 rings (SSSR count). The highest BCUT2D eigenvalue weighted by Crippen LogP contribution is 2.46. The van der Waals surface area contributed by atoms with E-state index in [9.17, 15) is 8.42 Å². The maximum absolute atomic E-state index is 12.4. The SMILES string of the molecule is CCOc1ccc(N)cc1S(=O)(=O)NCC1(SC)CC1. The van der Waals surface area contributed by atoms with Crippen LogP contribution in [0.2, 0.25) is 0 Å². The molecule has 1 saturated carbocycles. The van der Waals surface area contributed by atoms with E-state index in [2.05, 4.69) is 4.72 Å². The number of benzene rings is 1. The molecule has 3 N–H and O–H groups in total. The fourth-order valence-corrected chi connectivity index (χ4v) is 4.03. The van der Waals surface area contributed by atoms with Crippen molar-refractivity contribution in [3.05, 3.63) is 18.2 Å². The van der Waals surface area contributed by atoms with Crippen LogP contribution in [0.15, 0.2) is 23.1 Å². The van der Waals surface area contributed by atoms with E-state index in [1.54, 1.807) is 23.9 Å². The van der Waals surface area contributed by atoms with E-state index in [1.807, 2.05) is 13.2 Å². The predicted octanol–water partition coefficient (Wildman–Crippen LogP) is 1.84. The number of rotatable bonds is 7. The zero-order chi connectivity index (χ0) is 14.8. The molecule has 1 aliphatic rings. The Hall–Kier alpha value is -0.920. The number of anilines is 1. The van der Waals surface area contributed by atoms with Gasteiger partial charge in [0.2, 0.25) is 10.0 Å². The Morgan fingerprint density at radius 1 is 1.45 bits per heavy atom. The maximum atomic E-state index is 12.4. The minimum absolute atomic E-state index is 0.0686. The van der Waals surface area contributed by atoms with E-state index in [-0.39, 0.29) is 9.64 Å². The molecule has 0 aliphatic heterocycles. The normalized spacial score (nSPS) is 16.9. The first-order valence-electron chi connectivity index (χ1n) is 6.49. The van der Waals surface area contributed by atoms with Crippen molar-refractivity contribution in [2.45, 2.75) is 29.4 Å². The van der Waals surface area contributed by atoms with Gasteiger partial charge in [0.05, 0.1) is 6.61 Å². The Kier molecular flexibility index (Phi) is 4.51. The summed E-state index contributed by atoms with van der Waals surface area (Å²) in [6.45, 7) is 2.66. The smallest absolute Gasteiger partial charge is 0.244 e. The van der Waals surface area contributed by atoms with E-state index in [0.29, 0.717) is 24.6 Å². The van der Waals surface area contributed by atoms with Crippen molar-refractivity contribution in [1.82, 2.24) is 4.72 Å². The van der Waals surface area contributed by atoms with Crippen LogP contribution in [0.5, 0.6) is 5.75 Å². The van der Waals surface area contributed by atoms with E-state index in [4.69, 9.17) is 10.5 Å².